The number of anilines is 1. The molecule has 0 bridgehead atoms. The van der Waals surface area contributed by atoms with Gasteiger partial charge in [0.05, 0.1) is 17.6 Å². The molecule has 0 saturated carbocycles. The highest BCUT2D eigenvalue weighted by atomic mass is 16.1. The van der Waals surface area contributed by atoms with E-state index in [1.54, 1.807) is 6.08 Å². The van der Waals surface area contributed by atoms with Crippen LogP contribution in [0.1, 0.15) is 45.7 Å². The molecular weight excluding hydrogens is 424 g/mol. The third-order valence-electron chi connectivity index (χ3n) is 7.86. The number of piperidine rings is 1. The van der Waals surface area contributed by atoms with Crippen molar-refractivity contribution in [3.8, 4) is 11.3 Å². The van der Waals surface area contributed by atoms with E-state index in [9.17, 15) is 4.79 Å². The maximum atomic E-state index is 12.1. The van der Waals surface area contributed by atoms with E-state index < -0.39 is 0 Å². The van der Waals surface area contributed by atoms with Crippen molar-refractivity contribution in [3.63, 3.8) is 0 Å². The molecule has 34 heavy (non-hydrogen) atoms. The number of nitrogens with one attached hydrogen (secondary N) is 1. The highest BCUT2D eigenvalue weighted by molar-refractivity contribution is 5.99. The van der Waals surface area contributed by atoms with Crippen LogP contribution in [0.2, 0.25) is 0 Å². The zero-order valence-corrected chi connectivity index (χ0v) is 19.1. The molecule has 7 nitrogen and oxygen atoms in total. The molecule has 172 valence electrons. The van der Waals surface area contributed by atoms with Crippen molar-refractivity contribution in [3.05, 3.63) is 77.4 Å². The molecule has 1 spiro atoms. The molecule has 3 N–H and O–H groups in total. The average molecular weight is 453 g/mol. The number of carbonyl (C=O) groups excluding carboxylic acids is 1. The molecular formula is C27H28N6O. The number of carbonyl (C=O) groups is 1. The fourth-order valence-corrected chi connectivity index (χ4v) is 5.75. The van der Waals surface area contributed by atoms with Crippen LogP contribution in [0.15, 0.2) is 49.3 Å². The van der Waals surface area contributed by atoms with Crippen LogP contribution >= 0.6 is 0 Å². The Morgan fingerprint density at radius 3 is 2.85 bits per heavy atom. The molecule has 3 aromatic rings. The van der Waals surface area contributed by atoms with E-state index in [1.807, 2.05) is 36.7 Å². The predicted octanol–water partition coefficient (Wildman–Crippen LogP) is 3.14. The van der Waals surface area contributed by atoms with Crippen LogP contribution in [0, 0.1) is 5.41 Å². The Morgan fingerprint density at radius 2 is 2.03 bits per heavy atom. The number of benzene rings is 1. The van der Waals surface area contributed by atoms with Gasteiger partial charge in [0.1, 0.15) is 5.82 Å². The molecule has 2 aromatic heterocycles. The van der Waals surface area contributed by atoms with Gasteiger partial charge in [-0.25, -0.2) is 4.98 Å². The molecule has 1 aliphatic carbocycles. The van der Waals surface area contributed by atoms with Crippen molar-refractivity contribution in [1.29, 1.82) is 0 Å². The molecule has 1 fully saturated rings. The third-order valence-corrected chi connectivity index (χ3v) is 7.86. The molecule has 1 amide bonds. The van der Waals surface area contributed by atoms with Gasteiger partial charge in [-0.2, -0.15) is 0 Å². The Bertz CT molecular complexity index is 1290. The van der Waals surface area contributed by atoms with Crippen molar-refractivity contribution in [2.45, 2.75) is 38.3 Å². The van der Waals surface area contributed by atoms with E-state index >= 15 is 0 Å². The molecule has 4 heterocycles. The van der Waals surface area contributed by atoms with Gasteiger partial charge in [0.15, 0.2) is 0 Å². The van der Waals surface area contributed by atoms with Crippen molar-refractivity contribution in [2.24, 2.45) is 11.1 Å². The average Bonchev–Trinajstić information content (AvgIpc) is 3.25. The Labute approximate surface area is 199 Å². The largest absolute Gasteiger partial charge is 0.355 e. The van der Waals surface area contributed by atoms with Crippen molar-refractivity contribution in [2.75, 3.05) is 18.0 Å². The number of rotatable bonds is 3. The number of nitrogens with two attached hydrogens (primary N) is 1. The van der Waals surface area contributed by atoms with Crippen LogP contribution in [0.3, 0.4) is 0 Å². The fourth-order valence-electron chi connectivity index (χ4n) is 5.75. The lowest BCUT2D eigenvalue weighted by Crippen LogP contribution is -2.54. The van der Waals surface area contributed by atoms with E-state index in [4.69, 9.17) is 15.7 Å². The molecule has 0 unspecified atom stereocenters. The van der Waals surface area contributed by atoms with Crippen LogP contribution in [-0.2, 0) is 19.4 Å². The number of aromatic nitrogens is 3. The van der Waals surface area contributed by atoms with Crippen LogP contribution in [0.5, 0.6) is 0 Å². The van der Waals surface area contributed by atoms with Gasteiger partial charge in [-0.05, 0) is 54.0 Å². The summed E-state index contributed by atoms with van der Waals surface area (Å²) in [7, 11) is 0. The smallest absolute Gasteiger partial charge is 0.251 e. The van der Waals surface area contributed by atoms with E-state index in [0.717, 1.165) is 72.8 Å². The number of fused-ring (bicyclic) bond motifs is 2. The second-order valence-corrected chi connectivity index (χ2v) is 9.67. The zero-order chi connectivity index (χ0) is 23.3. The van der Waals surface area contributed by atoms with E-state index in [2.05, 4.69) is 27.8 Å². The van der Waals surface area contributed by atoms with Gasteiger partial charge in [-0.15, -0.1) is 0 Å². The number of amides is 1. The van der Waals surface area contributed by atoms with Gasteiger partial charge < -0.3 is 16.0 Å². The lowest BCUT2D eigenvalue weighted by atomic mass is 9.64. The van der Waals surface area contributed by atoms with Crippen molar-refractivity contribution in [1.82, 2.24) is 20.3 Å². The van der Waals surface area contributed by atoms with Gasteiger partial charge in [-0.1, -0.05) is 24.8 Å². The first-order valence-electron chi connectivity index (χ1n) is 11.9. The summed E-state index contributed by atoms with van der Waals surface area (Å²) in [5.74, 6) is 0.821. The van der Waals surface area contributed by atoms with E-state index in [0.29, 0.717) is 12.1 Å². The van der Waals surface area contributed by atoms with Gasteiger partial charge >= 0.3 is 0 Å². The Balaban J connectivity index is 1.23. The molecule has 1 saturated heterocycles. The minimum atomic E-state index is -0.0387. The lowest BCUT2D eigenvalue weighted by molar-refractivity contribution is 0.0966. The molecule has 1 atom stereocenters. The first-order chi connectivity index (χ1) is 16.6. The molecule has 6 rings (SSSR count). The maximum absolute atomic E-state index is 12.1. The Hall–Kier alpha value is -3.58. The summed E-state index contributed by atoms with van der Waals surface area (Å²) in [6.07, 6.45) is 9.34. The van der Waals surface area contributed by atoms with Crippen molar-refractivity contribution < 1.29 is 4.79 Å². The Morgan fingerprint density at radius 1 is 1.18 bits per heavy atom. The van der Waals surface area contributed by atoms with Crippen LogP contribution < -0.4 is 16.0 Å². The maximum Gasteiger partial charge on any atom is 0.251 e. The summed E-state index contributed by atoms with van der Waals surface area (Å²) in [6, 6.07) is 10.2. The third kappa shape index (κ3) is 3.39. The van der Waals surface area contributed by atoms with Gasteiger partial charge in [-0.3, -0.25) is 14.8 Å². The molecule has 2 aliphatic heterocycles. The highest BCUT2D eigenvalue weighted by Crippen LogP contribution is 2.43. The van der Waals surface area contributed by atoms with Gasteiger partial charge in [0.2, 0.25) is 0 Å². The van der Waals surface area contributed by atoms with Crippen LogP contribution in [-0.4, -0.2) is 40.0 Å². The fraction of sp³-hybridized carbons (Fsp3) is 0.333. The Kier molecular flexibility index (Phi) is 4.95. The summed E-state index contributed by atoms with van der Waals surface area (Å²) in [5.41, 5.74) is 13.4. The lowest BCUT2D eigenvalue weighted by Gasteiger charge is -2.48. The van der Waals surface area contributed by atoms with E-state index in [1.165, 1.54) is 5.56 Å². The summed E-state index contributed by atoms with van der Waals surface area (Å²) in [5, 5.41) is 2.86. The second-order valence-electron chi connectivity index (χ2n) is 9.67. The summed E-state index contributed by atoms with van der Waals surface area (Å²) in [6.45, 7) is 6.34. The number of hydrogen-bond donors (Lipinski definition) is 2. The summed E-state index contributed by atoms with van der Waals surface area (Å²) in [4.78, 5) is 28.6. The molecule has 1 aromatic carbocycles. The summed E-state index contributed by atoms with van der Waals surface area (Å²) < 4.78 is 0. The predicted molar refractivity (Wildman–Crippen MR) is 132 cm³/mol. The minimum Gasteiger partial charge on any atom is -0.355 e. The quantitative estimate of drug-likeness (QED) is 0.634. The van der Waals surface area contributed by atoms with Gasteiger partial charge in [0.25, 0.3) is 5.91 Å². The molecule has 7 heteroatoms. The van der Waals surface area contributed by atoms with Crippen molar-refractivity contribution >= 4 is 17.8 Å². The standard InChI is InChI=1S/C27H28N6O/c1-2-21-25(17-5-6-19-15-31-26(34)20(19)12-17)30-16-24(32-21)33-10-7-27(8-11-33)14-18-4-3-9-29-22(18)13-23(27)28/h2-6,9,12,16,23H,1,7-8,10-11,13-15,28H2,(H,31,34)/t23-/m1/s1. The molecule has 0 radical (unpaired) electrons. The highest BCUT2D eigenvalue weighted by Gasteiger charge is 2.43. The first-order valence-corrected chi connectivity index (χ1v) is 11.9. The summed E-state index contributed by atoms with van der Waals surface area (Å²) >= 11 is 0. The SMILES string of the molecule is C=Cc1nc(N2CCC3(CC2)Cc2cccnc2C[C@H]3N)cnc1-c1ccc2c(c1)C(=O)NC2. The van der Waals surface area contributed by atoms with E-state index in [-0.39, 0.29) is 17.4 Å². The zero-order valence-electron chi connectivity index (χ0n) is 19.1. The normalized spacial score (nSPS) is 20.6. The minimum absolute atomic E-state index is 0.0387. The van der Waals surface area contributed by atoms with Gasteiger partial charge in [0, 0.05) is 55.1 Å². The monoisotopic (exact) mass is 452 g/mol. The second kappa shape index (κ2) is 8.02. The first kappa shape index (κ1) is 21.0. The van der Waals surface area contributed by atoms with Crippen LogP contribution in [0.25, 0.3) is 17.3 Å². The van der Waals surface area contributed by atoms with Crippen LogP contribution in [0.4, 0.5) is 5.82 Å². The number of nitrogens with zero attached hydrogens (tertiary/aromatic N) is 4. The topological polar surface area (TPSA) is 97.0 Å². The molecule has 3 aliphatic rings. The number of hydrogen-bond acceptors (Lipinski definition) is 6. The number of pyridine rings is 1.